The molecule has 0 aromatic heterocycles. The van der Waals surface area contributed by atoms with Gasteiger partial charge in [-0.15, -0.1) is 0 Å². The van der Waals surface area contributed by atoms with Crippen molar-refractivity contribution in [1.82, 2.24) is 0 Å². The largest absolute Gasteiger partial charge is 0.506 e. The van der Waals surface area contributed by atoms with Crippen LogP contribution >= 0.6 is 11.6 Å². The molecule has 21 heavy (non-hydrogen) atoms. The summed E-state index contributed by atoms with van der Waals surface area (Å²) in [5.74, 6) is -0.0359. The van der Waals surface area contributed by atoms with Gasteiger partial charge in [-0.2, -0.15) is 0 Å². The lowest BCUT2D eigenvalue weighted by Gasteiger charge is -2.04. The number of methoxy groups -OCH3 is 1. The van der Waals surface area contributed by atoms with Crippen LogP contribution in [-0.2, 0) is 0 Å². The molecule has 5 heteroatoms. The van der Waals surface area contributed by atoms with Gasteiger partial charge in [-0.25, -0.2) is 0 Å². The molecule has 0 atom stereocenters. The Morgan fingerprint density at radius 3 is 2.52 bits per heavy atom. The molecule has 0 aliphatic rings. The fourth-order valence-corrected chi connectivity index (χ4v) is 1.91. The van der Waals surface area contributed by atoms with Crippen LogP contribution in [0.3, 0.4) is 0 Å². The van der Waals surface area contributed by atoms with E-state index in [-0.39, 0.29) is 28.1 Å². The highest BCUT2D eigenvalue weighted by atomic mass is 35.5. The van der Waals surface area contributed by atoms with Crippen molar-refractivity contribution >= 4 is 23.5 Å². The SMILES string of the molecule is COc1cc(C(=O)C=Cc2ccc(O)c(Cl)c2)ccc1O. The van der Waals surface area contributed by atoms with Crippen molar-refractivity contribution < 1.29 is 19.7 Å². The van der Waals surface area contributed by atoms with E-state index in [2.05, 4.69) is 0 Å². The molecule has 2 aromatic carbocycles. The minimum atomic E-state index is -0.238. The predicted molar refractivity (Wildman–Crippen MR) is 81.1 cm³/mol. The lowest BCUT2D eigenvalue weighted by Crippen LogP contribution is -1.95. The molecular formula is C16H13ClO4. The quantitative estimate of drug-likeness (QED) is 0.668. The predicted octanol–water partition coefficient (Wildman–Crippen LogP) is 3.66. The smallest absolute Gasteiger partial charge is 0.185 e. The minimum absolute atomic E-state index is 0.0107. The van der Waals surface area contributed by atoms with Gasteiger partial charge in [0.2, 0.25) is 0 Å². The van der Waals surface area contributed by atoms with Crippen LogP contribution in [0.5, 0.6) is 17.2 Å². The van der Waals surface area contributed by atoms with Crippen LogP contribution in [-0.4, -0.2) is 23.1 Å². The maximum atomic E-state index is 12.0. The first-order chi connectivity index (χ1) is 10.0. The molecule has 0 spiro atoms. The average Bonchev–Trinajstić information content (AvgIpc) is 2.48. The fraction of sp³-hybridized carbons (Fsp3) is 0.0625. The number of hydrogen-bond donors (Lipinski definition) is 2. The average molecular weight is 305 g/mol. The number of hydrogen-bond acceptors (Lipinski definition) is 4. The normalized spacial score (nSPS) is 10.8. The van der Waals surface area contributed by atoms with Gasteiger partial charge in [-0.05, 0) is 42.0 Å². The van der Waals surface area contributed by atoms with Gasteiger partial charge >= 0.3 is 0 Å². The molecule has 4 nitrogen and oxygen atoms in total. The maximum Gasteiger partial charge on any atom is 0.185 e. The molecule has 0 saturated carbocycles. The highest BCUT2D eigenvalue weighted by Gasteiger charge is 2.07. The number of carbonyl (C=O) groups excluding carboxylic acids is 1. The van der Waals surface area contributed by atoms with Crippen LogP contribution in [0.2, 0.25) is 5.02 Å². The van der Waals surface area contributed by atoms with Crippen molar-refractivity contribution in [2.75, 3.05) is 7.11 Å². The fourth-order valence-electron chi connectivity index (χ4n) is 1.73. The molecule has 0 aliphatic carbocycles. The van der Waals surface area contributed by atoms with E-state index in [1.807, 2.05) is 0 Å². The zero-order valence-corrected chi connectivity index (χ0v) is 12.0. The Morgan fingerprint density at radius 1 is 1.14 bits per heavy atom. The van der Waals surface area contributed by atoms with Crippen molar-refractivity contribution in [3.05, 3.63) is 58.6 Å². The third kappa shape index (κ3) is 3.55. The summed E-state index contributed by atoms with van der Waals surface area (Å²) in [7, 11) is 1.41. The Labute approximate surface area is 126 Å². The number of rotatable bonds is 4. The van der Waals surface area contributed by atoms with Gasteiger partial charge in [0.15, 0.2) is 17.3 Å². The molecule has 0 aliphatic heterocycles. The van der Waals surface area contributed by atoms with Crippen molar-refractivity contribution in [3.63, 3.8) is 0 Å². The second-order valence-corrected chi connectivity index (χ2v) is 4.70. The van der Waals surface area contributed by atoms with E-state index in [0.29, 0.717) is 11.1 Å². The topological polar surface area (TPSA) is 66.8 Å². The molecule has 108 valence electrons. The number of ketones is 1. The monoisotopic (exact) mass is 304 g/mol. The molecule has 0 heterocycles. The maximum absolute atomic E-state index is 12.0. The standard InChI is InChI=1S/C16H13ClO4/c1-21-16-9-11(4-7-15(16)20)13(18)5-2-10-3-6-14(19)12(17)8-10/h2-9,19-20H,1H3. The Bertz CT molecular complexity index is 707. The van der Waals surface area contributed by atoms with Crippen molar-refractivity contribution in [2.45, 2.75) is 0 Å². The van der Waals surface area contributed by atoms with E-state index in [4.69, 9.17) is 16.3 Å². The molecule has 0 saturated heterocycles. The summed E-state index contributed by atoms with van der Waals surface area (Å²) in [6, 6.07) is 9.02. The Balaban J connectivity index is 2.20. The summed E-state index contributed by atoms with van der Waals surface area (Å²) >= 11 is 5.79. The van der Waals surface area contributed by atoms with Crippen molar-refractivity contribution in [1.29, 1.82) is 0 Å². The third-order valence-corrected chi connectivity index (χ3v) is 3.17. The van der Waals surface area contributed by atoms with Crippen LogP contribution in [0.25, 0.3) is 6.08 Å². The number of allylic oxidation sites excluding steroid dienone is 1. The molecule has 2 N–H and O–H groups in total. The number of phenols is 2. The zero-order valence-electron chi connectivity index (χ0n) is 11.2. The van der Waals surface area contributed by atoms with E-state index in [0.717, 1.165) is 0 Å². The van der Waals surface area contributed by atoms with E-state index in [1.54, 1.807) is 18.2 Å². The lowest BCUT2D eigenvalue weighted by molar-refractivity contribution is 0.104. The van der Waals surface area contributed by atoms with Crippen LogP contribution in [0.4, 0.5) is 0 Å². The molecule has 2 rings (SSSR count). The number of ether oxygens (including phenoxy) is 1. The lowest BCUT2D eigenvalue weighted by atomic mass is 10.1. The van der Waals surface area contributed by atoms with E-state index in [1.165, 1.54) is 37.5 Å². The summed E-state index contributed by atoms with van der Waals surface area (Å²) in [5.41, 5.74) is 1.09. The minimum Gasteiger partial charge on any atom is -0.506 e. The van der Waals surface area contributed by atoms with Gasteiger partial charge in [0, 0.05) is 5.56 Å². The number of benzene rings is 2. The summed E-state index contributed by atoms with van der Waals surface area (Å²) < 4.78 is 4.96. The summed E-state index contributed by atoms with van der Waals surface area (Å²) in [6.45, 7) is 0. The van der Waals surface area contributed by atoms with Crippen LogP contribution < -0.4 is 4.74 Å². The zero-order chi connectivity index (χ0) is 15.4. The Hall–Kier alpha value is -2.46. The van der Waals surface area contributed by atoms with Crippen LogP contribution in [0.15, 0.2) is 42.5 Å². The van der Waals surface area contributed by atoms with Gasteiger partial charge in [-0.3, -0.25) is 4.79 Å². The molecule has 0 amide bonds. The Morgan fingerprint density at radius 2 is 1.86 bits per heavy atom. The second kappa shape index (κ2) is 6.33. The molecule has 0 radical (unpaired) electrons. The number of aromatic hydroxyl groups is 2. The van der Waals surface area contributed by atoms with Crippen LogP contribution in [0, 0.1) is 0 Å². The van der Waals surface area contributed by atoms with Crippen LogP contribution in [0.1, 0.15) is 15.9 Å². The first-order valence-corrected chi connectivity index (χ1v) is 6.47. The Kier molecular flexibility index (Phi) is 4.50. The summed E-state index contributed by atoms with van der Waals surface area (Å²) in [6.07, 6.45) is 2.97. The van der Waals surface area contributed by atoms with Gasteiger partial charge in [0.25, 0.3) is 0 Å². The number of phenolic OH excluding ortho intramolecular Hbond substituents is 2. The highest BCUT2D eigenvalue weighted by Crippen LogP contribution is 2.27. The molecule has 0 unspecified atom stereocenters. The third-order valence-electron chi connectivity index (χ3n) is 2.86. The van der Waals surface area contributed by atoms with Gasteiger partial charge in [-0.1, -0.05) is 23.7 Å². The second-order valence-electron chi connectivity index (χ2n) is 4.30. The summed E-state index contributed by atoms with van der Waals surface area (Å²) in [4.78, 5) is 12.0. The van der Waals surface area contributed by atoms with Crippen molar-refractivity contribution in [3.8, 4) is 17.2 Å². The number of carbonyl (C=O) groups is 1. The molecular weight excluding hydrogens is 292 g/mol. The van der Waals surface area contributed by atoms with E-state index < -0.39 is 0 Å². The molecule has 2 aromatic rings. The first-order valence-electron chi connectivity index (χ1n) is 6.09. The van der Waals surface area contributed by atoms with E-state index >= 15 is 0 Å². The first kappa shape index (κ1) is 14.9. The molecule has 0 bridgehead atoms. The van der Waals surface area contributed by atoms with E-state index in [9.17, 15) is 15.0 Å². The molecule has 0 fully saturated rings. The summed E-state index contributed by atoms with van der Waals surface area (Å²) in [5, 5.41) is 19.0. The highest BCUT2D eigenvalue weighted by molar-refractivity contribution is 6.32. The van der Waals surface area contributed by atoms with Gasteiger partial charge in [0.05, 0.1) is 12.1 Å². The van der Waals surface area contributed by atoms with Gasteiger partial charge < -0.3 is 14.9 Å². The number of halogens is 1. The van der Waals surface area contributed by atoms with Gasteiger partial charge in [0.1, 0.15) is 5.75 Å². The van der Waals surface area contributed by atoms with Crippen molar-refractivity contribution in [2.24, 2.45) is 0 Å².